The summed E-state index contributed by atoms with van der Waals surface area (Å²) in [6.45, 7) is 2.04. The smallest absolute Gasteiger partial charge is 0.346 e. The van der Waals surface area contributed by atoms with Crippen molar-refractivity contribution in [2.24, 2.45) is 0 Å². The Bertz CT molecular complexity index is 1370. The summed E-state index contributed by atoms with van der Waals surface area (Å²) in [7, 11) is 0. The Morgan fingerprint density at radius 2 is 2.03 bits per heavy atom. The van der Waals surface area contributed by atoms with Crippen LogP contribution in [-0.2, 0) is 4.84 Å². The maximum atomic E-state index is 13.7. The van der Waals surface area contributed by atoms with Crippen LogP contribution in [0, 0.1) is 18.6 Å². The number of fused-ring (bicyclic) bond motifs is 1. The minimum absolute atomic E-state index is 0.170. The van der Waals surface area contributed by atoms with Gasteiger partial charge in [-0.1, -0.05) is 6.07 Å². The number of aryl methyl sites for hydroxylation is 1. The van der Waals surface area contributed by atoms with Gasteiger partial charge in [-0.05, 0) is 42.8 Å². The predicted molar refractivity (Wildman–Crippen MR) is 116 cm³/mol. The number of nitrogens with two attached hydrogens (primary N) is 1. The van der Waals surface area contributed by atoms with E-state index in [2.05, 4.69) is 20.4 Å². The van der Waals surface area contributed by atoms with Crippen molar-refractivity contribution in [3.63, 3.8) is 0 Å². The minimum Gasteiger partial charge on any atom is -0.366 e. The molecule has 1 aliphatic rings. The van der Waals surface area contributed by atoms with E-state index in [-0.39, 0.29) is 12.6 Å². The highest BCUT2D eigenvalue weighted by Gasteiger charge is 2.32. The number of aromatic nitrogens is 4. The Morgan fingerprint density at radius 3 is 2.85 bits per heavy atom. The molecule has 1 fully saturated rings. The number of rotatable bonds is 3. The molecule has 2 amide bonds. The van der Waals surface area contributed by atoms with E-state index in [0.717, 1.165) is 28.3 Å². The number of carbonyl (C=O) groups is 1. The fraction of sp³-hybridized carbons (Fsp3) is 0.182. The first kappa shape index (κ1) is 20.8. The van der Waals surface area contributed by atoms with Gasteiger partial charge in [-0.15, -0.1) is 5.10 Å². The quantitative estimate of drug-likeness (QED) is 0.489. The van der Waals surface area contributed by atoms with Crippen LogP contribution in [-0.4, -0.2) is 37.3 Å². The number of hydrogen-bond donors (Lipinski definition) is 2. The Balaban J connectivity index is 1.40. The van der Waals surface area contributed by atoms with E-state index >= 15 is 0 Å². The van der Waals surface area contributed by atoms with Crippen LogP contribution in [0.5, 0.6) is 0 Å². The SMILES string of the molecule is Cc1ncc(-c2ccc3nc(N)nn3c2)cc1NC(=O)N1OCCC1c1ccc(F)c(F)c1. The second-order valence-corrected chi connectivity index (χ2v) is 7.61. The lowest BCUT2D eigenvalue weighted by Gasteiger charge is -2.23. The fourth-order valence-electron chi connectivity index (χ4n) is 3.75. The minimum atomic E-state index is -0.974. The average Bonchev–Trinajstić information content (AvgIpc) is 3.42. The average molecular weight is 451 g/mol. The molecule has 0 radical (unpaired) electrons. The van der Waals surface area contributed by atoms with Crippen LogP contribution in [0.15, 0.2) is 48.8 Å². The molecule has 3 aromatic heterocycles. The second-order valence-electron chi connectivity index (χ2n) is 7.61. The number of halogens is 2. The summed E-state index contributed by atoms with van der Waals surface area (Å²) in [5.41, 5.74) is 9.33. The van der Waals surface area contributed by atoms with Gasteiger partial charge in [0, 0.05) is 29.9 Å². The fourth-order valence-corrected chi connectivity index (χ4v) is 3.75. The van der Waals surface area contributed by atoms with Crippen LogP contribution in [0.1, 0.15) is 23.7 Å². The molecule has 1 saturated heterocycles. The molecule has 168 valence electrons. The lowest BCUT2D eigenvalue weighted by molar-refractivity contribution is -0.0830. The zero-order chi connectivity index (χ0) is 23.1. The van der Waals surface area contributed by atoms with Gasteiger partial charge < -0.3 is 11.1 Å². The number of nitrogens with zero attached hydrogens (tertiary/aromatic N) is 5. The van der Waals surface area contributed by atoms with Crippen LogP contribution in [0.2, 0.25) is 0 Å². The maximum Gasteiger partial charge on any atom is 0.346 e. The number of benzene rings is 1. The van der Waals surface area contributed by atoms with Gasteiger partial charge in [-0.3, -0.25) is 9.82 Å². The van der Waals surface area contributed by atoms with Crippen molar-refractivity contribution in [1.82, 2.24) is 24.6 Å². The number of nitrogen functional groups attached to an aromatic ring is 1. The molecule has 0 saturated carbocycles. The summed E-state index contributed by atoms with van der Waals surface area (Å²) < 4.78 is 28.6. The zero-order valence-electron chi connectivity index (χ0n) is 17.5. The summed E-state index contributed by atoms with van der Waals surface area (Å²) >= 11 is 0. The van der Waals surface area contributed by atoms with Gasteiger partial charge in [0.25, 0.3) is 0 Å². The molecule has 9 nitrogen and oxygen atoms in total. The molecule has 4 heterocycles. The second kappa shape index (κ2) is 8.10. The molecule has 0 aliphatic carbocycles. The monoisotopic (exact) mass is 451 g/mol. The third-order valence-corrected chi connectivity index (χ3v) is 5.44. The number of urea groups is 1. The largest absolute Gasteiger partial charge is 0.366 e. The Morgan fingerprint density at radius 1 is 1.18 bits per heavy atom. The van der Waals surface area contributed by atoms with Crippen molar-refractivity contribution in [2.45, 2.75) is 19.4 Å². The highest BCUT2D eigenvalue weighted by atomic mass is 19.2. The van der Waals surface area contributed by atoms with Gasteiger partial charge in [0.2, 0.25) is 5.95 Å². The Hall–Kier alpha value is -4.12. The molecule has 5 rings (SSSR count). The van der Waals surface area contributed by atoms with Crippen LogP contribution < -0.4 is 11.1 Å². The number of amides is 2. The Kier molecular flexibility index (Phi) is 5.09. The molecular weight excluding hydrogens is 432 g/mol. The molecule has 1 aromatic carbocycles. The summed E-state index contributed by atoms with van der Waals surface area (Å²) in [6.07, 6.45) is 3.90. The lowest BCUT2D eigenvalue weighted by atomic mass is 10.0. The first-order valence-electron chi connectivity index (χ1n) is 10.2. The topological polar surface area (TPSA) is 111 Å². The number of nitrogens with one attached hydrogen (secondary N) is 1. The lowest BCUT2D eigenvalue weighted by Crippen LogP contribution is -2.33. The van der Waals surface area contributed by atoms with Gasteiger partial charge in [-0.2, -0.15) is 10.0 Å². The molecular formula is C22H19F2N7O2. The molecule has 1 unspecified atom stereocenters. The van der Waals surface area contributed by atoms with Gasteiger partial charge >= 0.3 is 6.03 Å². The van der Waals surface area contributed by atoms with Crippen LogP contribution >= 0.6 is 0 Å². The molecule has 4 aromatic rings. The molecule has 0 spiro atoms. The van der Waals surface area contributed by atoms with E-state index in [0.29, 0.717) is 29.0 Å². The third kappa shape index (κ3) is 3.94. The maximum absolute atomic E-state index is 13.7. The highest BCUT2D eigenvalue weighted by Crippen LogP contribution is 2.32. The number of hydrogen-bond acceptors (Lipinski definition) is 6. The number of anilines is 2. The van der Waals surface area contributed by atoms with Gasteiger partial charge in [0.1, 0.15) is 0 Å². The number of hydroxylamine groups is 2. The molecule has 33 heavy (non-hydrogen) atoms. The van der Waals surface area contributed by atoms with Crippen LogP contribution in [0.4, 0.5) is 25.2 Å². The van der Waals surface area contributed by atoms with Crippen molar-refractivity contribution in [2.75, 3.05) is 17.7 Å². The summed E-state index contributed by atoms with van der Waals surface area (Å²) in [5, 5.41) is 8.06. The van der Waals surface area contributed by atoms with E-state index in [1.807, 2.05) is 6.07 Å². The molecule has 1 aliphatic heterocycles. The molecule has 11 heteroatoms. The van der Waals surface area contributed by atoms with E-state index in [9.17, 15) is 13.6 Å². The normalized spacial score (nSPS) is 15.8. The molecule has 0 bridgehead atoms. The first-order chi connectivity index (χ1) is 15.9. The van der Waals surface area contributed by atoms with E-state index in [1.165, 1.54) is 6.07 Å². The van der Waals surface area contributed by atoms with Crippen molar-refractivity contribution in [3.05, 3.63) is 71.7 Å². The number of carbonyl (C=O) groups excluding carboxylic acids is 1. The van der Waals surface area contributed by atoms with Crippen molar-refractivity contribution in [3.8, 4) is 11.1 Å². The van der Waals surface area contributed by atoms with Crippen LogP contribution in [0.3, 0.4) is 0 Å². The third-order valence-electron chi connectivity index (χ3n) is 5.44. The predicted octanol–water partition coefficient (Wildman–Crippen LogP) is 3.87. The molecule has 3 N–H and O–H groups in total. The highest BCUT2D eigenvalue weighted by molar-refractivity contribution is 5.90. The van der Waals surface area contributed by atoms with Gasteiger partial charge in [0.15, 0.2) is 17.3 Å². The summed E-state index contributed by atoms with van der Waals surface area (Å²) in [6, 6.07) is 7.89. The summed E-state index contributed by atoms with van der Waals surface area (Å²) in [4.78, 5) is 27.0. The Labute approximate surface area is 186 Å². The first-order valence-corrected chi connectivity index (χ1v) is 10.2. The van der Waals surface area contributed by atoms with Crippen molar-refractivity contribution < 1.29 is 18.4 Å². The zero-order valence-corrected chi connectivity index (χ0v) is 17.5. The van der Waals surface area contributed by atoms with Crippen molar-refractivity contribution >= 4 is 23.3 Å². The van der Waals surface area contributed by atoms with E-state index < -0.39 is 23.7 Å². The van der Waals surface area contributed by atoms with E-state index in [1.54, 1.807) is 36.0 Å². The number of pyridine rings is 2. The standard InChI is InChI=1S/C22H19F2N7O2/c1-12-18(9-15(10-26-12)14-3-5-20-28-21(25)29-30(20)11-14)27-22(32)31-19(6-7-33-31)13-2-4-16(23)17(24)8-13/h2-5,8-11,19H,6-7H2,1H3,(H2,25,29)(H,27,32). The molecule has 1 atom stereocenters. The van der Waals surface area contributed by atoms with Gasteiger partial charge in [-0.25, -0.2) is 18.1 Å². The van der Waals surface area contributed by atoms with Crippen molar-refractivity contribution in [1.29, 1.82) is 0 Å². The summed E-state index contributed by atoms with van der Waals surface area (Å²) in [5.74, 6) is -1.75. The van der Waals surface area contributed by atoms with E-state index in [4.69, 9.17) is 10.6 Å². The van der Waals surface area contributed by atoms with Gasteiger partial charge in [0.05, 0.1) is 24.0 Å². The van der Waals surface area contributed by atoms with Crippen LogP contribution in [0.25, 0.3) is 16.8 Å².